The number of nitrogens with zero attached hydrogens (tertiary/aromatic N) is 1. The molecule has 5 nitrogen and oxygen atoms in total. The van der Waals surface area contributed by atoms with Crippen LogP contribution in [0.2, 0.25) is 0 Å². The number of ether oxygens (including phenoxy) is 1. The molecule has 0 saturated heterocycles. The molecule has 0 fully saturated rings. The average molecular weight is 435 g/mol. The van der Waals surface area contributed by atoms with Crippen molar-refractivity contribution in [1.29, 1.82) is 0 Å². The fourth-order valence-corrected chi connectivity index (χ4v) is 3.34. The molecule has 0 atom stereocenters. The minimum absolute atomic E-state index is 0.000143. The Hall–Kier alpha value is -3.74. The Morgan fingerprint density at radius 3 is 2.34 bits per heavy atom. The molecule has 0 aliphatic rings. The number of carbonyl (C=O) groups is 1. The molecule has 3 aromatic carbocycles. The van der Waals surface area contributed by atoms with Gasteiger partial charge in [0.2, 0.25) is 0 Å². The van der Waals surface area contributed by atoms with E-state index in [0.29, 0.717) is 33.6 Å². The second-order valence-corrected chi connectivity index (χ2v) is 8.63. The molecule has 1 aromatic heterocycles. The Kier molecular flexibility index (Phi) is 5.65. The number of rotatable bonds is 5. The van der Waals surface area contributed by atoms with E-state index in [9.17, 15) is 13.6 Å². The van der Waals surface area contributed by atoms with Crippen LogP contribution in [0, 0.1) is 11.6 Å². The Morgan fingerprint density at radius 1 is 1.00 bits per heavy atom. The van der Waals surface area contributed by atoms with E-state index in [1.165, 1.54) is 12.1 Å². The van der Waals surface area contributed by atoms with Crippen molar-refractivity contribution in [2.75, 3.05) is 5.32 Å². The van der Waals surface area contributed by atoms with Crippen LogP contribution in [-0.4, -0.2) is 16.1 Å². The number of amides is 1. The summed E-state index contributed by atoms with van der Waals surface area (Å²) in [5.41, 5.74) is 2.75. The molecule has 7 heteroatoms. The third-order valence-electron chi connectivity index (χ3n) is 5.11. The highest BCUT2D eigenvalue weighted by atomic mass is 19.1. The molecular weight excluding hydrogens is 412 g/mol. The van der Waals surface area contributed by atoms with Gasteiger partial charge in [0, 0.05) is 17.0 Å². The first-order chi connectivity index (χ1) is 15.2. The van der Waals surface area contributed by atoms with Crippen LogP contribution in [0.15, 0.2) is 60.7 Å². The highest BCUT2D eigenvalue weighted by Gasteiger charge is 2.16. The maximum absolute atomic E-state index is 13.4. The molecule has 0 aliphatic heterocycles. The van der Waals surface area contributed by atoms with Gasteiger partial charge in [0.1, 0.15) is 24.0 Å². The van der Waals surface area contributed by atoms with E-state index in [1.54, 1.807) is 30.3 Å². The topological polar surface area (TPSA) is 67.0 Å². The van der Waals surface area contributed by atoms with E-state index in [4.69, 9.17) is 4.74 Å². The van der Waals surface area contributed by atoms with Crippen LogP contribution in [0.5, 0.6) is 5.75 Å². The summed E-state index contributed by atoms with van der Waals surface area (Å²) in [4.78, 5) is 12.7. The Bertz CT molecular complexity index is 1250. The molecule has 0 aliphatic carbocycles. The Morgan fingerprint density at radius 2 is 1.69 bits per heavy atom. The van der Waals surface area contributed by atoms with Crippen LogP contribution >= 0.6 is 0 Å². The van der Waals surface area contributed by atoms with E-state index < -0.39 is 11.6 Å². The maximum Gasteiger partial charge on any atom is 0.256 e. The van der Waals surface area contributed by atoms with Gasteiger partial charge >= 0.3 is 0 Å². The lowest BCUT2D eigenvalue weighted by Crippen LogP contribution is -2.14. The van der Waals surface area contributed by atoms with Gasteiger partial charge in [0.15, 0.2) is 5.82 Å². The molecule has 164 valence electrons. The first kappa shape index (κ1) is 21.5. The van der Waals surface area contributed by atoms with E-state index >= 15 is 0 Å². The average Bonchev–Trinajstić information content (AvgIpc) is 3.13. The normalized spacial score (nSPS) is 11.5. The van der Waals surface area contributed by atoms with Crippen molar-refractivity contribution in [1.82, 2.24) is 10.2 Å². The van der Waals surface area contributed by atoms with Gasteiger partial charge in [-0.2, -0.15) is 5.10 Å². The molecule has 0 unspecified atom stereocenters. The summed E-state index contributed by atoms with van der Waals surface area (Å²) in [6.45, 7) is 6.34. The van der Waals surface area contributed by atoms with E-state index in [1.807, 2.05) is 12.1 Å². The van der Waals surface area contributed by atoms with E-state index in [0.717, 1.165) is 11.6 Å². The smallest absolute Gasteiger partial charge is 0.256 e. The Balaban J connectivity index is 1.50. The summed E-state index contributed by atoms with van der Waals surface area (Å²) in [5.74, 6) is -0.745. The zero-order valence-corrected chi connectivity index (χ0v) is 18.0. The first-order valence-electron chi connectivity index (χ1n) is 10.2. The monoisotopic (exact) mass is 435 g/mol. The van der Waals surface area contributed by atoms with Gasteiger partial charge in [-0.3, -0.25) is 9.89 Å². The van der Waals surface area contributed by atoms with E-state index in [2.05, 4.69) is 36.3 Å². The van der Waals surface area contributed by atoms with Crippen molar-refractivity contribution >= 4 is 22.6 Å². The summed E-state index contributed by atoms with van der Waals surface area (Å²) < 4.78 is 32.4. The van der Waals surface area contributed by atoms with Gasteiger partial charge in [-0.25, -0.2) is 8.78 Å². The van der Waals surface area contributed by atoms with Gasteiger partial charge in [-0.15, -0.1) is 0 Å². The number of benzene rings is 3. The van der Waals surface area contributed by atoms with E-state index in [-0.39, 0.29) is 17.9 Å². The number of H-pyrrole nitrogens is 1. The standard InChI is InChI=1S/C25H23F2N3O2/c1-25(2,3)17-6-4-16(5-7-17)24(31)28-23-21-13-20(8-9-22(21)29-30-23)32-14-15-10-18(26)12-19(27)11-15/h4-13H,14H2,1-3H3,(H2,28,29,30,31). The molecule has 1 heterocycles. The molecule has 0 radical (unpaired) electrons. The van der Waals surface area contributed by atoms with Crippen LogP contribution in [0.25, 0.3) is 10.9 Å². The lowest BCUT2D eigenvalue weighted by molar-refractivity contribution is 0.102. The molecule has 32 heavy (non-hydrogen) atoms. The molecule has 4 rings (SSSR count). The summed E-state index contributed by atoms with van der Waals surface area (Å²) in [6, 6.07) is 15.9. The molecule has 1 amide bonds. The predicted octanol–water partition coefficient (Wildman–Crippen LogP) is 5.97. The number of hydrogen-bond acceptors (Lipinski definition) is 3. The van der Waals surface area contributed by atoms with Crippen LogP contribution in [-0.2, 0) is 12.0 Å². The van der Waals surface area contributed by atoms with Gasteiger partial charge in [-0.05, 0) is 59.0 Å². The molecule has 0 saturated carbocycles. The van der Waals surface area contributed by atoms with Gasteiger partial charge < -0.3 is 10.1 Å². The number of aromatic nitrogens is 2. The minimum atomic E-state index is -0.658. The number of anilines is 1. The molecule has 0 bridgehead atoms. The van der Waals surface area contributed by atoms with Gasteiger partial charge in [0.05, 0.1) is 5.52 Å². The number of hydrogen-bond donors (Lipinski definition) is 2. The van der Waals surface area contributed by atoms with Crippen molar-refractivity contribution < 1.29 is 18.3 Å². The SMILES string of the molecule is CC(C)(C)c1ccc(C(=O)Nc2n[nH]c3ccc(OCc4cc(F)cc(F)c4)cc23)cc1. The summed E-state index contributed by atoms with van der Waals surface area (Å²) in [5, 5.41) is 10.5. The second-order valence-electron chi connectivity index (χ2n) is 8.63. The van der Waals surface area contributed by atoms with Crippen LogP contribution < -0.4 is 10.1 Å². The predicted molar refractivity (Wildman–Crippen MR) is 120 cm³/mol. The fraction of sp³-hybridized carbons (Fsp3) is 0.200. The summed E-state index contributed by atoms with van der Waals surface area (Å²) in [6.07, 6.45) is 0. The molecule has 4 aromatic rings. The minimum Gasteiger partial charge on any atom is -0.489 e. The quantitative estimate of drug-likeness (QED) is 0.406. The number of carbonyl (C=O) groups excluding carboxylic acids is 1. The Labute approximate surface area is 184 Å². The van der Waals surface area contributed by atoms with Gasteiger partial charge in [0.25, 0.3) is 5.91 Å². The molecule has 0 spiro atoms. The zero-order valence-electron chi connectivity index (χ0n) is 18.0. The van der Waals surface area contributed by atoms with Crippen molar-refractivity contribution in [3.63, 3.8) is 0 Å². The highest BCUT2D eigenvalue weighted by molar-refractivity contribution is 6.08. The van der Waals surface area contributed by atoms with Crippen LogP contribution in [0.1, 0.15) is 42.3 Å². The number of nitrogens with one attached hydrogen (secondary N) is 2. The zero-order chi connectivity index (χ0) is 22.9. The van der Waals surface area contributed by atoms with Crippen LogP contribution in [0.4, 0.5) is 14.6 Å². The van der Waals surface area contributed by atoms with Crippen molar-refractivity contribution in [2.45, 2.75) is 32.8 Å². The number of fused-ring (bicyclic) bond motifs is 1. The lowest BCUT2D eigenvalue weighted by Gasteiger charge is -2.19. The fourth-order valence-electron chi connectivity index (χ4n) is 3.34. The van der Waals surface area contributed by atoms with Crippen molar-refractivity contribution in [3.05, 3.63) is 89.0 Å². The van der Waals surface area contributed by atoms with Crippen molar-refractivity contribution in [3.8, 4) is 5.75 Å². The van der Waals surface area contributed by atoms with Crippen LogP contribution in [0.3, 0.4) is 0 Å². The highest BCUT2D eigenvalue weighted by Crippen LogP contribution is 2.27. The third kappa shape index (κ3) is 4.77. The summed E-state index contributed by atoms with van der Waals surface area (Å²) in [7, 11) is 0. The maximum atomic E-state index is 13.4. The molecular formula is C25H23F2N3O2. The van der Waals surface area contributed by atoms with Gasteiger partial charge in [-0.1, -0.05) is 32.9 Å². The first-order valence-corrected chi connectivity index (χ1v) is 10.2. The number of aromatic amines is 1. The lowest BCUT2D eigenvalue weighted by atomic mass is 9.87. The summed E-state index contributed by atoms with van der Waals surface area (Å²) >= 11 is 0. The largest absolute Gasteiger partial charge is 0.489 e. The van der Waals surface area contributed by atoms with Crippen molar-refractivity contribution in [2.24, 2.45) is 0 Å². The third-order valence-corrected chi connectivity index (χ3v) is 5.11. The number of halogens is 2. The second kappa shape index (κ2) is 8.42. The molecule has 2 N–H and O–H groups in total.